The van der Waals surface area contributed by atoms with Crippen LogP contribution in [-0.2, 0) is 14.9 Å². The Labute approximate surface area is 105 Å². The average molecular weight is 267 g/mol. The lowest BCUT2D eigenvalue weighted by Gasteiger charge is -2.19. The molecule has 0 radical (unpaired) electrons. The summed E-state index contributed by atoms with van der Waals surface area (Å²) in [6.07, 6.45) is 5.14. The molecule has 1 aromatic rings. The maximum Gasteiger partial charge on any atom is 0.238 e. The van der Waals surface area contributed by atoms with Gasteiger partial charge in [-0.05, 0) is 30.9 Å². The van der Waals surface area contributed by atoms with Crippen molar-refractivity contribution >= 4 is 15.7 Å². The van der Waals surface area contributed by atoms with Crippen LogP contribution in [0.4, 0.5) is 5.69 Å². The normalized spacial score (nSPS) is 19.1. The molecule has 0 amide bonds. The van der Waals surface area contributed by atoms with Crippen LogP contribution in [0.3, 0.4) is 0 Å². The number of nitrogens with zero attached hydrogens (tertiary/aromatic N) is 1. The van der Waals surface area contributed by atoms with Gasteiger partial charge in [-0.3, -0.25) is 0 Å². The van der Waals surface area contributed by atoms with E-state index < -0.39 is 10.0 Å². The minimum atomic E-state index is -3.71. The van der Waals surface area contributed by atoms with Crippen LogP contribution in [-0.4, -0.2) is 8.42 Å². The van der Waals surface area contributed by atoms with E-state index in [-0.39, 0.29) is 10.8 Å². The zero-order chi connectivity index (χ0) is 12.8. The van der Waals surface area contributed by atoms with Crippen LogP contribution in [0.25, 0.3) is 0 Å². The number of nitrogens with two attached hydrogens (primary N) is 1. The van der Waals surface area contributed by atoms with Gasteiger partial charge in [0.15, 0.2) is 0 Å². The second-order valence-electron chi connectivity index (χ2n) is 4.37. The highest BCUT2D eigenvalue weighted by atomic mass is 32.2. The molecule has 0 bridgehead atoms. The van der Waals surface area contributed by atoms with Gasteiger partial charge in [0, 0.05) is 5.56 Å². The first-order valence-corrected chi connectivity index (χ1v) is 7.15. The second kappa shape index (κ2) is 3.98. The number of anilines is 1. The van der Waals surface area contributed by atoms with Crippen molar-refractivity contribution in [3.05, 3.63) is 36.2 Å². The molecule has 1 aromatic carbocycles. The average Bonchev–Trinajstić information content (AvgIpc) is 3.02. The third-order valence-electron chi connectivity index (χ3n) is 3.02. The Kier molecular flexibility index (Phi) is 2.54. The fourth-order valence-corrected chi connectivity index (χ4v) is 2.96. The molecule has 1 fully saturated rings. The van der Waals surface area contributed by atoms with E-state index >= 15 is 0 Å². The molecule has 0 spiro atoms. The van der Waals surface area contributed by atoms with Crippen molar-refractivity contribution in [3.63, 3.8) is 0 Å². The van der Waals surface area contributed by atoms with Gasteiger partial charge in [0.05, 0.1) is 16.8 Å². The van der Waals surface area contributed by atoms with E-state index in [0.29, 0.717) is 0 Å². The Morgan fingerprint density at radius 3 is 2.72 bits per heavy atom. The van der Waals surface area contributed by atoms with E-state index in [1.807, 2.05) is 6.07 Å². The molecule has 0 aromatic heterocycles. The van der Waals surface area contributed by atoms with Crippen molar-refractivity contribution in [2.45, 2.75) is 23.7 Å². The molecule has 0 saturated heterocycles. The minimum Gasteiger partial charge on any atom is -0.395 e. The van der Waals surface area contributed by atoms with Gasteiger partial charge in [0.25, 0.3) is 0 Å². The van der Waals surface area contributed by atoms with Crippen LogP contribution in [0.5, 0.6) is 0 Å². The van der Waals surface area contributed by atoms with Gasteiger partial charge in [-0.2, -0.15) is 0 Å². The van der Waals surface area contributed by atoms with Gasteiger partial charge in [-0.1, -0.05) is 11.7 Å². The smallest absolute Gasteiger partial charge is 0.238 e. The van der Waals surface area contributed by atoms with Crippen LogP contribution in [0.1, 0.15) is 24.3 Å². The summed E-state index contributed by atoms with van der Waals surface area (Å²) >= 11 is 0. The monoisotopic (exact) mass is 267 g/mol. The summed E-state index contributed by atoms with van der Waals surface area (Å²) in [6.45, 7) is 0. The number of rotatable bonds is 3. The third-order valence-corrected chi connectivity index (χ3v) is 3.99. The summed E-state index contributed by atoms with van der Waals surface area (Å²) in [5, 5.41) is 6.92. The van der Waals surface area contributed by atoms with Crippen molar-refractivity contribution in [1.82, 2.24) is 5.59 Å². The van der Waals surface area contributed by atoms with Gasteiger partial charge in [-0.25, -0.2) is 18.6 Å². The number of nitrogens with one attached hydrogen (secondary N) is 1. The Balaban J connectivity index is 2.16. The molecule has 0 atom stereocenters. The number of hydrogen-bond acceptors (Lipinski definition) is 5. The van der Waals surface area contributed by atoms with E-state index in [1.165, 1.54) is 6.26 Å². The van der Waals surface area contributed by atoms with Crippen LogP contribution in [0.2, 0.25) is 0 Å². The molecule has 3 rings (SSSR count). The Morgan fingerprint density at radius 1 is 1.39 bits per heavy atom. The lowest BCUT2D eigenvalue weighted by atomic mass is 10.1. The Bertz CT molecular complexity index is 608. The van der Waals surface area contributed by atoms with Crippen LogP contribution < -0.4 is 15.7 Å². The molecule has 1 aliphatic carbocycles. The first kappa shape index (κ1) is 11.5. The molecule has 7 heteroatoms. The largest absolute Gasteiger partial charge is 0.395 e. The van der Waals surface area contributed by atoms with E-state index in [2.05, 4.69) is 5.59 Å². The minimum absolute atomic E-state index is 0.199. The predicted octanol–water partition coefficient (Wildman–Crippen LogP) is 0.939. The number of primary sulfonamides is 1. The summed E-state index contributed by atoms with van der Waals surface area (Å²) in [6, 6.07) is 5.07. The van der Waals surface area contributed by atoms with Gasteiger partial charge in [0.1, 0.15) is 6.26 Å². The topological polar surface area (TPSA) is 84.7 Å². The molecule has 3 N–H and O–H groups in total. The van der Waals surface area contributed by atoms with E-state index in [1.54, 1.807) is 23.3 Å². The van der Waals surface area contributed by atoms with Gasteiger partial charge < -0.3 is 4.84 Å². The maximum atomic E-state index is 11.6. The third kappa shape index (κ3) is 1.96. The Morgan fingerprint density at radius 2 is 2.17 bits per heavy atom. The number of sulfonamides is 1. The van der Waals surface area contributed by atoms with Crippen molar-refractivity contribution < 1.29 is 13.3 Å². The summed E-state index contributed by atoms with van der Waals surface area (Å²) in [5.74, 6) is 0.255. The van der Waals surface area contributed by atoms with Crippen molar-refractivity contribution in [1.29, 1.82) is 0 Å². The lowest BCUT2D eigenvalue weighted by molar-refractivity contribution is 0.158. The maximum absolute atomic E-state index is 11.6. The molecule has 1 aliphatic heterocycles. The van der Waals surface area contributed by atoms with Crippen molar-refractivity contribution in [2.75, 3.05) is 5.01 Å². The van der Waals surface area contributed by atoms with E-state index in [4.69, 9.17) is 9.98 Å². The zero-order valence-corrected chi connectivity index (χ0v) is 10.4. The molecular weight excluding hydrogens is 254 g/mol. The second-order valence-corrected chi connectivity index (χ2v) is 5.90. The molecule has 18 heavy (non-hydrogen) atoms. The molecule has 1 heterocycles. The number of hydrazine groups is 1. The van der Waals surface area contributed by atoms with Gasteiger partial charge in [-0.15, -0.1) is 0 Å². The fourth-order valence-electron chi connectivity index (χ4n) is 2.11. The molecule has 1 saturated carbocycles. The van der Waals surface area contributed by atoms with E-state index in [0.717, 1.165) is 24.1 Å². The van der Waals surface area contributed by atoms with Gasteiger partial charge >= 0.3 is 0 Å². The van der Waals surface area contributed by atoms with E-state index in [9.17, 15) is 8.42 Å². The Hall–Kier alpha value is -1.57. The highest BCUT2D eigenvalue weighted by molar-refractivity contribution is 7.89. The lowest BCUT2D eigenvalue weighted by Crippen LogP contribution is -2.28. The quantitative estimate of drug-likeness (QED) is 0.851. The van der Waals surface area contributed by atoms with Crippen LogP contribution in [0, 0.1) is 0 Å². The van der Waals surface area contributed by atoms with Crippen LogP contribution >= 0.6 is 0 Å². The van der Waals surface area contributed by atoms with Crippen molar-refractivity contribution in [3.8, 4) is 0 Å². The molecule has 96 valence electrons. The number of benzene rings is 1. The first-order valence-electron chi connectivity index (χ1n) is 5.60. The van der Waals surface area contributed by atoms with Crippen LogP contribution in [0.15, 0.2) is 35.6 Å². The standard InChI is InChI=1S/C11H13N3O3S/c12-18(15,16)10-3-1-2-9(11(10)8-4-5-8)14-6-7-17-13-14/h1-3,6-8,13H,4-5H2,(H2,12,15,16). The summed E-state index contributed by atoms with van der Waals surface area (Å²) in [4.78, 5) is 5.11. The SMILES string of the molecule is NS(=O)(=O)c1cccc(N2C=CON2)c1C1CC1. The highest BCUT2D eigenvalue weighted by Gasteiger charge is 2.33. The molecular formula is C11H13N3O3S. The first-order chi connectivity index (χ1) is 8.57. The molecule has 2 aliphatic rings. The summed E-state index contributed by atoms with van der Waals surface area (Å²) < 4.78 is 23.3. The predicted molar refractivity (Wildman–Crippen MR) is 65.6 cm³/mol. The molecule has 6 nitrogen and oxygen atoms in total. The van der Waals surface area contributed by atoms with Gasteiger partial charge in [0.2, 0.25) is 10.0 Å². The zero-order valence-electron chi connectivity index (χ0n) is 9.54. The number of hydrogen-bond donors (Lipinski definition) is 2. The summed E-state index contributed by atoms with van der Waals surface area (Å²) in [7, 11) is -3.71. The highest BCUT2D eigenvalue weighted by Crippen LogP contribution is 2.47. The summed E-state index contributed by atoms with van der Waals surface area (Å²) in [5.41, 5.74) is 4.19. The fraction of sp³-hybridized carbons (Fsp3) is 0.273. The van der Waals surface area contributed by atoms with Crippen molar-refractivity contribution in [2.24, 2.45) is 5.14 Å². The molecule has 0 unspecified atom stereocenters.